The molecule has 0 spiro atoms. The molecular formula is C20H24N2O4S. The number of ether oxygens (including phenoxy) is 1. The normalized spacial score (nSPS) is 15.4. The van der Waals surface area contributed by atoms with Crippen LogP contribution in [0, 0.1) is 6.92 Å². The van der Waals surface area contributed by atoms with Gasteiger partial charge in [0.1, 0.15) is 0 Å². The summed E-state index contributed by atoms with van der Waals surface area (Å²) in [4.78, 5) is 12.5. The van der Waals surface area contributed by atoms with Gasteiger partial charge in [0.15, 0.2) is 0 Å². The molecule has 1 amide bonds. The van der Waals surface area contributed by atoms with Crippen molar-refractivity contribution in [2.45, 2.75) is 24.7 Å². The number of benzene rings is 2. The Morgan fingerprint density at radius 2 is 1.81 bits per heavy atom. The highest BCUT2D eigenvalue weighted by Crippen LogP contribution is 2.24. The number of hydrogen-bond acceptors (Lipinski definition) is 4. The molecule has 144 valence electrons. The number of hydrogen-bond donors (Lipinski definition) is 1. The quantitative estimate of drug-likeness (QED) is 0.825. The average molecular weight is 388 g/mol. The van der Waals surface area contributed by atoms with Crippen LogP contribution in [-0.2, 0) is 26.0 Å². The van der Waals surface area contributed by atoms with Crippen LogP contribution in [0.15, 0.2) is 53.4 Å². The number of anilines is 1. The fourth-order valence-electron chi connectivity index (χ4n) is 3.01. The largest absolute Gasteiger partial charge is 0.379 e. The van der Waals surface area contributed by atoms with E-state index >= 15 is 0 Å². The van der Waals surface area contributed by atoms with Gasteiger partial charge in [-0.2, -0.15) is 4.31 Å². The highest BCUT2D eigenvalue weighted by molar-refractivity contribution is 7.89. The zero-order valence-electron chi connectivity index (χ0n) is 15.3. The lowest BCUT2D eigenvalue weighted by atomic mass is 10.1. The van der Waals surface area contributed by atoms with Gasteiger partial charge in [-0.15, -0.1) is 0 Å². The Morgan fingerprint density at radius 3 is 2.52 bits per heavy atom. The Hall–Kier alpha value is -2.22. The topological polar surface area (TPSA) is 75.7 Å². The third-order valence-electron chi connectivity index (χ3n) is 4.54. The molecule has 2 aromatic carbocycles. The summed E-state index contributed by atoms with van der Waals surface area (Å²) in [6.07, 6.45) is 0.973. The number of nitrogens with one attached hydrogen (secondary N) is 1. The molecule has 1 saturated heterocycles. The van der Waals surface area contributed by atoms with E-state index in [0.717, 1.165) is 5.56 Å². The molecule has 0 aliphatic carbocycles. The number of sulfonamides is 1. The Balaban J connectivity index is 1.70. The molecule has 1 fully saturated rings. The molecule has 1 aliphatic heterocycles. The third kappa shape index (κ3) is 4.94. The van der Waals surface area contributed by atoms with Crippen molar-refractivity contribution < 1.29 is 17.9 Å². The first kappa shape index (κ1) is 19.5. The summed E-state index contributed by atoms with van der Waals surface area (Å²) in [5.74, 6) is -0.141. The molecule has 1 heterocycles. The summed E-state index contributed by atoms with van der Waals surface area (Å²) in [5.41, 5.74) is 2.24. The summed E-state index contributed by atoms with van der Waals surface area (Å²) in [7, 11) is -3.60. The molecule has 0 atom stereocenters. The van der Waals surface area contributed by atoms with Gasteiger partial charge < -0.3 is 10.1 Å². The molecule has 0 bridgehead atoms. The highest BCUT2D eigenvalue weighted by atomic mass is 32.2. The number of carbonyl (C=O) groups is 1. The van der Waals surface area contributed by atoms with Crippen LogP contribution in [0.4, 0.5) is 5.69 Å². The van der Waals surface area contributed by atoms with Crippen molar-refractivity contribution in [1.82, 2.24) is 4.31 Å². The van der Waals surface area contributed by atoms with Gasteiger partial charge in [-0.05, 0) is 36.6 Å². The lowest BCUT2D eigenvalue weighted by Gasteiger charge is -2.26. The van der Waals surface area contributed by atoms with Crippen LogP contribution in [0.5, 0.6) is 0 Å². The SMILES string of the molecule is Cc1ccc(NC(=O)CCc2ccccc2)cc1S(=O)(=O)N1CCOCC1. The molecule has 0 aromatic heterocycles. The number of amides is 1. The molecule has 0 saturated carbocycles. The van der Waals surface area contributed by atoms with Crippen molar-refractivity contribution in [1.29, 1.82) is 0 Å². The average Bonchev–Trinajstić information content (AvgIpc) is 2.69. The molecular weight excluding hydrogens is 364 g/mol. The third-order valence-corrected chi connectivity index (χ3v) is 6.58. The number of carbonyl (C=O) groups excluding carboxylic acids is 1. The summed E-state index contributed by atoms with van der Waals surface area (Å²) in [6, 6.07) is 14.8. The first-order chi connectivity index (χ1) is 13.0. The van der Waals surface area contributed by atoms with Gasteiger partial charge in [-0.1, -0.05) is 36.4 Å². The standard InChI is InChI=1S/C20H24N2O4S/c1-16-7-9-18(21-20(23)10-8-17-5-3-2-4-6-17)15-19(16)27(24,25)22-11-13-26-14-12-22/h2-7,9,15H,8,10-14H2,1H3,(H,21,23). The van der Waals surface area contributed by atoms with Crippen LogP contribution in [0.3, 0.4) is 0 Å². The molecule has 27 heavy (non-hydrogen) atoms. The van der Waals surface area contributed by atoms with Crippen molar-refractivity contribution >= 4 is 21.6 Å². The van der Waals surface area contributed by atoms with Crippen LogP contribution in [0.2, 0.25) is 0 Å². The molecule has 6 nitrogen and oxygen atoms in total. The van der Waals surface area contributed by atoms with Crippen LogP contribution in [0.25, 0.3) is 0 Å². The predicted octanol–water partition coefficient (Wildman–Crippen LogP) is 2.59. The van der Waals surface area contributed by atoms with Crippen LogP contribution < -0.4 is 5.32 Å². The zero-order chi connectivity index (χ0) is 19.3. The minimum atomic E-state index is -3.60. The monoisotopic (exact) mass is 388 g/mol. The zero-order valence-corrected chi connectivity index (χ0v) is 16.2. The summed E-state index contributed by atoms with van der Waals surface area (Å²) < 4.78 is 32.5. The Morgan fingerprint density at radius 1 is 1.11 bits per heavy atom. The minimum absolute atomic E-state index is 0.141. The van der Waals surface area contributed by atoms with Gasteiger partial charge in [-0.3, -0.25) is 4.79 Å². The van der Waals surface area contributed by atoms with E-state index in [1.165, 1.54) is 4.31 Å². The van der Waals surface area contributed by atoms with Crippen molar-refractivity contribution in [3.05, 3.63) is 59.7 Å². The van der Waals surface area contributed by atoms with Crippen LogP contribution >= 0.6 is 0 Å². The van der Waals surface area contributed by atoms with Gasteiger partial charge in [0.25, 0.3) is 0 Å². The van der Waals surface area contributed by atoms with Gasteiger partial charge >= 0.3 is 0 Å². The predicted molar refractivity (Wildman–Crippen MR) is 104 cm³/mol. The molecule has 3 rings (SSSR count). The second-order valence-electron chi connectivity index (χ2n) is 6.53. The maximum Gasteiger partial charge on any atom is 0.243 e. The van der Waals surface area contributed by atoms with E-state index in [9.17, 15) is 13.2 Å². The smallest absolute Gasteiger partial charge is 0.243 e. The maximum atomic E-state index is 12.9. The van der Waals surface area contributed by atoms with Gasteiger partial charge in [0.05, 0.1) is 18.1 Å². The van der Waals surface area contributed by atoms with Crippen molar-refractivity contribution in [3.8, 4) is 0 Å². The number of nitrogens with zero attached hydrogens (tertiary/aromatic N) is 1. The second-order valence-corrected chi connectivity index (χ2v) is 8.44. The number of rotatable bonds is 6. The van der Waals surface area contributed by atoms with Crippen molar-refractivity contribution in [3.63, 3.8) is 0 Å². The number of morpholine rings is 1. The molecule has 7 heteroatoms. The van der Waals surface area contributed by atoms with E-state index in [2.05, 4.69) is 5.32 Å². The van der Waals surface area contributed by atoms with Gasteiger partial charge in [-0.25, -0.2) is 8.42 Å². The molecule has 1 aliphatic rings. The Kier molecular flexibility index (Phi) is 6.26. The second kappa shape index (κ2) is 8.65. The minimum Gasteiger partial charge on any atom is -0.379 e. The molecule has 0 unspecified atom stereocenters. The summed E-state index contributed by atoms with van der Waals surface area (Å²) in [5, 5.41) is 2.81. The van der Waals surface area contributed by atoms with E-state index in [1.54, 1.807) is 25.1 Å². The van der Waals surface area contributed by atoms with E-state index in [0.29, 0.717) is 50.4 Å². The van der Waals surface area contributed by atoms with Gasteiger partial charge in [0.2, 0.25) is 15.9 Å². The molecule has 2 aromatic rings. The van der Waals surface area contributed by atoms with E-state index < -0.39 is 10.0 Å². The molecule has 1 N–H and O–H groups in total. The highest BCUT2D eigenvalue weighted by Gasteiger charge is 2.28. The Labute approximate surface area is 160 Å². The summed E-state index contributed by atoms with van der Waals surface area (Å²) >= 11 is 0. The number of aryl methyl sites for hydroxylation is 2. The molecule has 0 radical (unpaired) electrons. The van der Waals surface area contributed by atoms with Crippen molar-refractivity contribution in [2.75, 3.05) is 31.6 Å². The van der Waals surface area contributed by atoms with E-state index in [1.807, 2.05) is 30.3 Å². The van der Waals surface area contributed by atoms with E-state index in [-0.39, 0.29) is 10.8 Å². The lowest BCUT2D eigenvalue weighted by molar-refractivity contribution is -0.116. The van der Waals surface area contributed by atoms with Crippen LogP contribution in [0.1, 0.15) is 17.5 Å². The van der Waals surface area contributed by atoms with E-state index in [4.69, 9.17) is 4.74 Å². The summed E-state index contributed by atoms with van der Waals surface area (Å²) in [6.45, 7) is 3.24. The fraction of sp³-hybridized carbons (Fsp3) is 0.350. The lowest BCUT2D eigenvalue weighted by Crippen LogP contribution is -2.40. The maximum absolute atomic E-state index is 12.9. The van der Waals surface area contributed by atoms with Crippen LogP contribution in [-0.4, -0.2) is 44.9 Å². The first-order valence-corrected chi connectivity index (χ1v) is 10.4. The fourth-order valence-corrected chi connectivity index (χ4v) is 4.67. The Bertz CT molecular complexity index is 891. The van der Waals surface area contributed by atoms with Crippen molar-refractivity contribution in [2.24, 2.45) is 0 Å². The van der Waals surface area contributed by atoms with Gasteiger partial charge in [0, 0.05) is 25.2 Å². The first-order valence-electron chi connectivity index (χ1n) is 8.99.